The van der Waals surface area contributed by atoms with Crippen molar-refractivity contribution in [2.24, 2.45) is 0 Å². The molecule has 0 atom stereocenters. The van der Waals surface area contributed by atoms with Crippen molar-refractivity contribution in [1.29, 1.82) is 0 Å². The van der Waals surface area contributed by atoms with Crippen molar-refractivity contribution in [2.45, 2.75) is 0 Å². The minimum Gasteiger partial charge on any atom is -0.456 e. The predicted molar refractivity (Wildman–Crippen MR) is 206 cm³/mol. The van der Waals surface area contributed by atoms with E-state index in [2.05, 4.69) is 124 Å². The highest BCUT2D eigenvalue weighted by Crippen LogP contribution is 2.51. The van der Waals surface area contributed by atoms with Crippen LogP contribution in [0.5, 0.6) is 0 Å². The molecule has 0 saturated heterocycles. The molecule has 7 aromatic carbocycles. The Morgan fingerprint density at radius 2 is 0.902 bits per heavy atom. The topological polar surface area (TPSA) is 61.2 Å². The summed E-state index contributed by atoms with van der Waals surface area (Å²) in [6.07, 6.45) is 0. The molecule has 0 saturated carbocycles. The highest BCUT2D eigenvalue weighted by molar-refractivity contribution is 6.41. The number of benzene rings is 7. The molecule has 13 aromatic rings. The molecule has 0 amide bonds. The van der Waals surface area contributed by atoms with Gasteiger partial charge in [0.2, 0.25) is 5.95 Å². The van der Waals surface area contributed by atoms with Gasteiger partial charge in [0, 0.05) is 48.8 Å². The Labute approximate surface area is 288 Å². The minimum absolute atomic E-state index is 0.581. The predicted octanol–water partition coefficient (Wildman–Crippen LogP) is 11.3. The highest BCUT2D eigenvalue weighted by atomic mass is 16.3. The van der Waals surface area contributed by atoms with Crippen LogP contribution in [0.2, 0.25) is 0 Å². The minimum atomic E-state index is 0.581. The summed E-state index contributed by atoms with van der Waals surface area (Å²) in [7, 11) is 0. The molecule has 0 bridgehead atoms. The van der Waals surface area contributed by atoms with E-state index in [4.69, 9.17) is 19.4 Å². The Bertz CT molecular complexity index is 3450. The Kier molecular flexibility index (Phi) is 4.54. The molecule has 0 fully saturated rings. The van der Waals surface area contributed by atoms with Crippen molar-refractivity contribution >= 4 is 81.8 Å². The first kappa shape index (κ1) is 25.9. The smallest absolute Gasteiger partial charge is 0.238 e. The molecular formula is C45H23N5O. The van der Waals surface area contributed by atoms with Gasteiger partial charge in [0.15, 0.2) is 11.6 Å². The lowest BCUT2D eigenvalue weighted by Crippen LogP contribution is -2.06. The van der Waals surface area contributed by atoms with Crippen molar-refractivity contribution < 1.29 is 4.42 Å². The number of fused-ring (bicyclic) bond motifs is 2. The van der Waals surface area contributed by atoms with E-state index in [-0.39, 0.29) is 0 Å². The van der Waals surface area contributed by atoms with Crippen LogP contribution in [0.3, 0.4) is 0 Å². The summed E-state index contributed by atoms with van der Waals surface area (Å²) in [5.74, 6) is 1.83. The second kappa shape index (κ2) is 8.94. The van der Waals surface area contributed by atoms with E-state index in [1.165, 1.54) is 54.4 Å². The molecule has 0 spiro atoms. The lowest BCUT2D eigenvalue weighted by Gasteiger charge is -2.11. The first-order valence-corrected chi connectivity index (χ1v) is 17.2. The molecule has 0 aliphatic carbocycles. The zero-order chi connectivity index (χ0) is 32.9. The van der Waals surface area contributed by atoms with Crippen LogP contribution in [0, 0.1) is 0 Å². The van der Waals surface area contributed by atoms with Crippen molar-refractivity contribution in [3.8, 4) is 39.9 Å². The molecule has 234 valence electrons. The molecule has 0 N–H and O–H groups in total. The average Bonchev–Trinajstić information content (AvgIpc) is 3.91. The van der Waals surface area contributed by atoms with Crippen molar-refractivity contribution in [2.75, 3.05) is 0 Å². The van der Waals surface area contributed by atoms with E-state index in [1.807, 2.05) is 24.3 Å². The average molecular weight is 650 g/mol. The third-order valence-corrected chi connectivity index (χ3v) is 11.0. The zero-order valence-corrected chi connectivity index (χ0v) is 26.9. The van der Waals surface area contributed by atoms with Crippen molar-refractivity contribution in [3.05, 3.63) is 140 Å². The second-order valence-electron chi connectivity index (χ2n) is 13.6. The SMILES string of the molecule is c1ccc(-c2ccc(-c3nc(-c4ccccc4)nc(-n4c5ccc6oc7ccc8c9cccc%10c%11ccc4c4c5c6c7c8n(c9%10)c%114)n3)cc2)cc1. The van der Waals surface area contributed by atoms with Gasteiger partial charge in [-0.15, -0.1) is 0 Å². The van der Waals surface area contributed by atoms with Gasteiger partial charge in [0.05, 0.1) is 33.0 Å². The summed E-state index contributed by atoms with van der Waals surface area (Å²) in [6.45, 7) is 0. The van der Waals surface area contributed by atoms with Gasteiger partial charge in [-0.3, -0.25) is 4.57 Å². The number of hydrogen-bond acceptors (Lipinski definition) is 4. The van der Waals surface area contributed by atoms with E-state index in [9.17, 15) is 0 Å². The van der Waals surface area contributed by atoms with Crippen molar-refractivity contribution in [3.63, 3.8) is 0 Å². The quantitative estimate of drug-likeness (QED) is 0.190. The summed E-state index contributed by atoms with van der Waals surface area (Å²) >= 11 is 0. The molecule has 51 heavy (non-hydrogen) atoms. The maximum atomic E-state index is 6.60. The lowest BCUT2D eigenvalue weighted by molar-refractivity contribution is 0.669. The number of furan rings is 1. The molecule has 6 aromatic heterocycles. The van der Waals surface area contributed by atoms with Crippen LogP contribution >= 0.6 is 0 Å². The van der Waals surface area contributed by atoms with Gasteiger partial charge in [-0.25, -0.2) is 4.98 Å². The third kappa shape index (κ3) is 3.12. The molecular weight excluding hydrogens is 627 g/mol. The van der Waals surface area contributed by atoms with Gasteiger partial charge >= 0.3 is 0 Å². The highest BCUT2D eigenvalue weighted by Gasteiger charge is 2.30. The molecule has 6 heteroatoms. The third-order valence-electron chi connectivity index (χ3n) is 11.0. The van der Waals surface area contributed by atoms with Gasteiger partial charge in [0.1, 0.15) is 11.2 Å². The maximum absolute atomic E-state index is 6.60. The number of aromatic nitrogens is 5. The summed E-state index contributed by atoms with van der Waals surface area (Å²) in [5, 5.41) is 9.72. The number of rotatable bonds is 4. The van der Waals surface area contributed by atoms with Gasteiger partial charge in [-0.05, 0) is 41.5 Å². The molecule has 6 nitrogen and oxygen atoms in total. The van der Waals surface area contributed by atoms with Crippen LogP contribution < -0.4 is 0 Å². The molecule has 6 heterocycles. The lowest BCUT2D eigenvalue weighted by atomic mass is 10.0. The van der Waals surface area contributed by atoms with Gasteiger partial charge in [-0.1, -0.05) is 109 Å². The Morgan fingerprint density at radius 1 is 0.373 bits per heavy atom. The number of hydrogen-bond donors (Lipinski definition) is 0. The largest absolute Gasteiger partial charge is 0.456 e. The molecule has 0 aliphatic rings. The Balaban J connectivity index is 1.16. The fourth-order valence-corrected chi connectivity index (χ4v) is 8.93. The normalized spacial score (nSPS) is 12.7. The second-order valence-corrected chi connectivity index (χ2v) is 13.6. The molecule has 0 radical (unpaired) electrons. The van der Waals surface area contributed by atoms with Gasteiger partial charge in [0.25, 0.3) is 0 Å². The zero-order valence-electron chi connectivity index (χ0n) is 26.9. The Hall–Kier alpha value is -7.05. The van der Waals surface area contributed by atoms with Crippen LogP contribution in [-0.2, 0) is 0 Å². The first-order valence-electron chi connectivity index (χ1n) is 17.2. The van der Waals surface area contributed by atoms with Crippen LogP contribution in [0.1, 0.15) is 0 Å². The van der Waals surface area contributed by atoms with Gasteiger partial charge in [-0.2, -0.15) is 9.97 Å². The summed E-state index contributed by atoms with van der Waals surface area (Å²) in [4.78, 5) is 15.5. The van der Waals surface area contributed by atoms with Crippen LogP contribution in [0.15, 0.2) is 144 Å². The molecule has 13 rings (SSSR count). The van der Waals surface area contributed by atoms with E-state index in [0.29, 0.717) is 17.6 Å². The van der Waals surface area contributed by atoms with E-state index >= 15 is 0 Å². The number of para-hydroxylation sites is 1. The van der Waals surface area contributed by atoms with Crippen LogP contribution in [-0.4, -0.2) is 23.9 Å². The summed E-state index contributed by atoms with van der Waals surface area (Å²) < 4.78 is 11.3. The van der Waals surface area contributed by atoms with E-state index in [1.54, 1.807) is 0 Å². The number of nitrogens with zero attached hydrogens (tertiary/aromatic N) is 5. The maximum Gasteiger partial charge on any atom is 0.238 e. The van der Waals surface area contributed by atoms with E-state index in [0.717, 1.165) is 49.7 Å². The fraction of sp³-hybridized carbons (Fsp3) is 0. The Morgan fingerprint density at radius 3 is 1.65 bits per heavy atom. The summed E-state index contributed by atoms with van der Waals surface area (Å²) in [5.41, 5.74) is 11.8. The monoisotopic (exact) mass is 649 g/mol. The van der Waals surface area contributed by atoms with Crippen LogP contribution in [0.25, 0.3) is 122 Å². The summed E-state index contributed by atoms with van der Waals surface area (Å²) in [6, 6.07) is 49.0. The van der Waals surface area contributed by atoms with Gasteiger partial charge < -0.3 is 8.82 Å². The van der Waals surface area contributed by atoms with E-state index < -0.39 is 0 Å². The fourth-order valence-electron chi connectivity index (χ4n) is 8.93. The first-order chi connectivity index (χ1) is 25.3. The molecule has 0 aliphatic heterocycles. The van der Waals surface area contributed by atoms with Crippen LogP contribution in [0.4, 0.5) is 0 Å². The standard InChI is InChI=1S/C45H23N5O/c1-3-8-24(9-4-1)25-14-16-27(17-15-25)44-46-43(26-10-5-2-6-11-26)47-45(48-44)49-32-21-23-34-38-36(32)37-33(49)20-18-30-28-12-7-13-29-31-19-22-35(51-34)39(38)42(31)50(40(28)29)41(30)37/h1-23H. The van der Waals surface area contributed by atoms with Crippen molar-refractivity contribution in [1.82, 2.24) is 23.9 Å². The molecule has 0 unspecified atom stereocenters.